The number of piperidine rings is 1. The summed E-state index contributed by atoms with van der Waals surface area (Å²) in [4.78, 5) is 84.2. The van der Waals surface area contributed by atoms with E-state index in [1.165, 1.54) is 0 Å². The van der Waals surface area contributed by atoms with E-state index >= 15 is 0 Å². The third-order valence-corrected chi connectivity index (χ3v) is 13.1. The molecule has 6 aromatic rings. The van der Waals surface area contributed by atoms with Crippen LogP contribution in [0.2, 0.25) is 0 Å². The first-order valence-electron chi connectivity index (χ1n) is 24.8. The predicted octanol–water partition coefficient (Wildman–Crippen LogP) is 10.7. The summed E-state index contributed by atoms with van der Waals surface area (Å²) >= 11 is 0. The highest BCUT2D eigenvalue weighted by Crippen LogP contribution is 2.34. The summed E-state index contributed by atoms with van der Waals surface area (Å²) in [6.45, 7) is 18.1. The quantitative estimate of drug-likeness (QED) is 0.147. The van der Waals surface area contributed by atoms with Crippen LogP contribution in [0.1, 0.15) is 112 Å². The van der Waals surface area contributed by atoms with E-state index in [0.717, 1.165) is 62.7 Å². The van der Waals surface area contributed by atoms with Gasteiger partial charge in [0.1, 0.15) is 11.2 Å². The van der Waals surface area contributed by atoms with Gasteiger partial charge in [-0.25, -0.2) is 9.59 Å². The normalized spacial score (nSPS) is 14.3. The Labute approximate surface area is 422 Å². The molecule has 0 spiro atoms. The Morgan fingerprint density at radius 1 is 0.583 bits per heavy atom. The summed E-state index contributed by atoms with van der Waals surface area (Å²) in [6.07, 6.45) is 3.37. The lowest BCUT2D eigenvalue weighted by molar-refractivity contribution is 0.0203. The molecule has 8 rings (SSSR count). The van der Waals surface area contributed by atoms with Crippen molar-refractivity contribution in [3.05, 3.63) is 158 Å². The number of aromatic nitrogens is 2. The van der Waals surface area contributed by atoms with Crippen LogP contribution in [0, 0.1) is 0 Å². The number of carbonyl (C=O) groups excluding carboxylic acids is 4. The Balaban J connectivity index is 0.000000211. The molecule has 0 radical (unpaired) electrons. The van der Waals surface area contributed by atoms with Crippen molar-refractivity contribution < 1.29 is 28.7 Å². The number of aryl methyl sites for hydroxylation is 2. The molecule has 14 heteroatoms. The van der Waals surface area contributed by atoms with Crippen LogP contribution >= 0.6 is 0 Å². The minimum Gasteiger partial charge on any atom is -0.444 e. The molecule has 2 aliphatic rings. The molecule has 1 fully saturated rings. The van der Waals surface area contributed by atoms with Gasteiger partial charge < -0.3 is 38.2 Å². The molecule has 4 heterocycles. The molecule has 1 saturated heterocycles. The third-order valence-electron chi connectivity index (χ3n) is 13.1. The van der Waals surface area contributed by atoms with Crippen molar-refractivity contribution in [1.29, 1.82) is 0 Å². The lowest BCUT2D eigenvalue weighted by Crippen LogP contribution is -2.41. The number of likely N-dealkylation sites (tertiary alicyclic amines) is 1. The first kappa shape index (κ1) is 52.3. The number of amides is 4. The lowest BCUT2D eigenvalue weighted by Gasteiger charge is -2.34. The van der Waals surface area contributed by atoms with E-state index in [1.807, 2.05) is 146 Å². The van der Waals surface area contributed by atoms with E-state index in [-0.39, 0.29) is 41.0 Å². The Hall–Kier alpha value is -7.48. The van der Waals surface area contributed by atoms with Gasteiger partial charge in [0.25, 0.3) is 22.9 Å². The van der Waals surface area contributed by atoms with Crippen LogP contribution in [-0.2, 0) is 22.6 Å². The van der Waals surface area contributed by atoms with E-state index in [4.69, 9.17) is 9.47 Å². The standard InChI is InChI=1S/C29H35N3O4.C29H33N3O4/c2*1-6-32-25-13-12-21(27(34)30(5)22-10-8-7-9-11-22)18-24(25)23(19-26(32)33)20-14-16-31(17-15-20)28(35)36-29(2,3)4/h7-13,18-20H,6,14-17H2,1-5H3;7-14,18-19H,6,15-17H2,1-5H3. The largest absolute Gasteiger partial charge is 0.444 e. The zero-order valence-electron chi connectivity index (χ0n) is 43.4. The van der Waals surface area contributed by atoms with Crippen molar-refractivity contribution >= 4 is 62.8 Å². The third kappa shape index (κ3) is 12.0. The SMILES string of the molecule is CCn1c(=O)cc(C2=CCN(C(=O)OC(C)(C)C)CC2)c2cc(C(=O)N(C)c3ccccc3)ccc21.CCn1c(=O)cc(C2CCN(C(=O)OC(C)(C)C)CC2)c2cc(C(=O)N(C)c3ccccc3)ccc21. The van der Waals surface area contributed by atoms with Crippen molar-refractivity contribution in [3.8, 4) is 0 Å². The van der Waals surface area contributed by atoms with Gasteiger partial charge in [0.15, 0.2) is 0 Å². The highest BCUT2D eigenvalue weighted by Gasteiger charge is 2.30. The van der Waals surface area contributed by atoms with Gasteiger partial charge in [-0.15, -0.1) is 0 Å². The van der Waals surface area contributed by atoms with Crippen molar-refractivity contribution in [2.45, 2.75) is 105 Å². The summed E-state index contributed by atoms with van der Waals surface area (Å²) in [5, 5.41) is 1.76. The predicted molar refractivity (Wildman–Crippen MR) is 286 cm³/mol. The topological polar surface area (TPSA) is 144 Å². The summed E-state index contributed by atoms with van der Waals surface area (Å²) in [5.74, 6) is -0.123. The monoisotopic (exact) mass is 977 g/mol. The molecule has 2 aromatic heterocycles. The molecule has 14 nitrogen and oxygen atoms in total. The number of ether oxygens (including phenoxy) is 2. The highest BCUT2D eigenvalue weighted by molar-refractivity contribution is 6.09. The number of fused-ring (bicyclic) bond motifs is 2. The summed E-state index contributed by atoms with van der Waals surface area (Å²) < 4.78 is 14.5. The first-order valence-corrected chi connectivity index (χ1v) is 24.8. The zero-order chi connectivity index (χ0) is 52.1. The number of anilines is 2. The summed E-state index contributed by atoms with van der Waals surface area (Å²) in [6, 6.07) is 33.5. The smallest absolute Gasteiger partial charge is 0.410 e. The Bertz CT molecular complexity index is 3120. The second-order valence-corrected chi connectivity index (χ2v) is 20.3. The van der Waals surface area contributed by atoms with Gasteiger partial charge in [0.2, 0.25) is 0 Å². The number of para-hydroxylation sites is 2. The van der Waals surface area contributed by atoms with Crippen LogP contribution in [0.25, 0.3) is 27.4 Å². The van der Waals surface area contributed by atoms with Crippen LogP contribution in [0.5, 0.6) is 0 Å². The maximum absolute atomic E-state index is 13.3. The molecule has 0 N–H and O–H groups in total. The Kier molecular flexibility index (Phi) is 15.9. The molecular formula is C58H68N6O8. The van der Waals surface area contributed by atoms with E-state index in [2.05, 4.69) is 0 Å². The van der Waals surface area contributed by atoms with Gasteiger partial charge in [-0.05, 0) is 158 Å². The van der Waals surface area contributed by atoms with Gasteiger partial charge in [0, 0.05) is 98.8 Å². The maximum Gasteiger partial charge on any atom is 0.410 e. The van der Waals surface area contributed by atoms with E-state index < -0.39 is 11.2 Å². The van der Waals surface area contributed by atoms with E-state index in [9.17, 15) is 28.8 Å². The van der Waals surface area contributed by atoms with Crippen LogP contribution < -0.4 is 20.9 Å². The number of nitrogens with zero attached hydrogens (tertiary/aromatic N) is 6. The fraction of sp³-hybridized carbons (Fsp3) is 0.379. The number of benzene rings is 4. The minimum atomic E-state index is -0.558. The summed E-state index contributed by atoms with van der Waals surface area (Å²) in [5.41, 5.74) is 5.86. The lowest BCUT2D eigenvalue weighted by atomic mass is 9.87. The molecule has 2 aliphatic heterocycles. The molecule has 378 valence electrons. The molecule has 72 heavy (non-hydrogen) atoms. The number of hydrogen-bond donors (Lipinski definition) is 0. The first-order chi connectivity index (χ1) is 34.2. The molecule has 0 aliphatic carbocycles. The minimum absolute atomic E-state index is 0.0462. The number of pyridine rings is 2. The van der Waals surface area contributed by atoms with Crippen molar-refractivity contribution in [3.63, 3.8) is 0 Å². The zero-order valence-corrected chi connectivity index (χ0v) is 43.4. The molecule has 4 aromatic carbocycles. The molecule has 0 bridgehead atoms. The number of rotatable bonds is 8. The van der Waals surface area contributed by atoms with Gasteiger partial charge in [0.05, 0.1) is 11.0 Å². The van der Waals surface area contributed by atoms with Crippen LogP contribution in [-0.4, -0.2) is 94.4 Å². The fourth-order valence-corrected chi connectivity index (χ4v) is 9.35. The Morgan fingerprint density at radius 3 is 1.50 bits per heavy atom. The average Bonchev–Trinajstić information content (AvgIpc) is 3.37. The van der Waals surface area contributed by atoms with E-state index in [1.54, 1.807) is 67.1 Å². The van der Waals surface area contributed by atoms with Crippen molar-refractivity contribution in [1.82, 2.24) is 18.9 Å². The molecule has 4 amide bonds. The number of carbonyl (C=O) groups is 4. The fourth-order valence-electron chi connectivity index (χ4n) is 9.35. The van der Waals surface area contributed by atoms with Gasteiger partial charge in [-0.1, -0.05) is 42.5 Å². The van der Waals surface area contributed by atoms with Gasteiger partial charge >= 0.3 is 12.2 Å². The number of hydrogen-bond acceptors (Lipinski definition) is 8. The Morgan fingerprint density at radius 2 is 1.04 bits per heavy atom. The van der Waals surface area contributed by atoms with Crippen LogP contribution in [0.15, 0.2) is 125 Å². The second-order valence-electron chi connectivity index (χ2n) is 20.3. The van der Waals surface area contributed by atoms with Crippen molar-refractivity contribution in [2.75, 3.05) is 50.1 Å². The van der Waals surface area contributed by atoms with Gasteiger partial charge in [-0.3, -0.25) is 19.2 Å². The maximum atomic E-state index is 13.3. The molecular weight excluding hydrogens is 909 g/mol. The highest BCUT2D eigenvalue weighted by atomic mass is 16.6. The summed E-state index contributed by atoms with van der Waals surface area (Å²) in [7, 11) is 3.52. The van der Waals surface area contributed by atoms with Crippen LogP contribution in [0.3, 0.4) is 0 Å². The molecule has 0 atom stereocenters. The van der Waals surface area contributed by atoms with Crippen molar-refractivity contribution in [2.24, 2.45) is 0 Å². The molecule has 0 unspecified atom stereocenters. The van der Waals surface area contributed by atoms with E-state index in [0.29, 0.717) is 56.8 Å². The van der Waals surface area contributed by atoms with Gasteiger partial charge in [-0.2, -0.15) is 0 Å². The second kappa shape index (κ2) is 21.9. The molecule has 0 saturated carbocycles. The van der Waals surface area contributed by atoms with Crippen LogP contribution in [0.4, 0.5) is 21.0 Å². The average molecular weight is 977 g/mol.